The first-order valence-electron chi connectivity index (χ1n) is 12.9. The lowest BCUT2D eigenvalue weighted by molar-refractivity contribution is -0.0434. The molecule has 3 aliphatic rings. The third-order valence-electron chi connectivity index (χ3n) is 7.55. The van der Waals surface area contributed by atoms with Crippen LogP contribution in [0.5, 0.6) is 6.01 Å². The first-order chi connectivity index (χ1) is 17.4. The molecule has 3 fully saturated rings. The lowest BCUT2D eigenvalue weighted by Gasteiger charge is -2.53. The van der Waals surface area contributed by atoms with E-state index in [0.717, 1.165) is 51.9 Å². The van der Waals surface area contributed by atoms with Gasteiger partial charge in [0.15, 0.2) is 5.82 Å². The standard InChI is InChI=1S/C26H34BrClFN5O3/c1-25(2,3)37-24(35)34-14-26(15-34)7-11-33(12-8-26)22-17-13-18(28)19(27)20(29)21(17)30-23(31-22)36-16-5-9-32(4)10-6-16/h13,16H,5-12,14-15H2,1-4H3. The van der Waals surface area contributed by atoms with E-state index in [1.807, 2.05) is 20.8 Å². The Morgan fingerprint density at radius 3 is 2.43 bits per heavy atom. The first kappa shape index (κ1) is 26.7. The summed E-state index contributed by atoms with van der Waals surface area (Å²) >= 11 is 9.58. The minimum Gasteiger partial charge on any atom is -0.460 e. The van der Waals surface area contributed by atoms with Crippen molar-refractivity contribution in [1.82, 2.24) is 19.8 Å². The predicted octanol–water partition coefficient (Wildman–Crippen LogP) is 5.50. The van der Waals surface area contributed by atoms with Crippen LogP contribution in [0.4, 0.5) is 15.0 Å². The molecule has 3 saturated heterocycles. The fourth-order valence-electron chi connectivity index (χ4n) is 5.41. The number of ether oxygens (including phenoxy) is 2. The molecule has 11 heteroatoms. The van der Waals surface area contributed by atoms with Gasteiger partial charge in [0.05, 0.1) is 9.50 Å². The number of rotatable bonds is 3. The van der Waals surface area contributed by atoms with E-state index in [4.69, 9.17) is 26.1 Å². The number of anilines is 1. The number of hydrogen-bond acceptors (Lipinski definition) is 7. The molecule has 5 rings (SSSR count). The molecular formula is C26H34BrClFN5O3. The van der Waals surface area contributed by atoms with Crippen molar-refractivity contribution >= 4 is 50.3 Å². The lowest BCUT2D eigenvalue weighted by atomic mass is 9.72. The van der Waals surface area contributed by atoms with Crippen LogP contribution in [-0.2, 0) is 4.74 Å². The molecule has 1 spiro atoms. The van der Waals surface area contributed by atoms with Crippen LogP contribution in [0.15, 0.2) is 10.5 Å². The second-order valence-corrected chi connectivity index (χ2v) is 12.9. The van der Waals surface area contributed by atoms with Gasteiger partial charge >= 0.3 is 12.1 Å². The third kappa shape index (κ3) is 5.61. The molecule has 2 aromatic rings. The summed E-state index contributed by atoms with van der Waals surface area (Å²) < 4.78 is 27.2. The summed E-state index contributed by atoms with van der Waals surface area (Å²) in [4.78, 5) is 27.9. The van der Waals surface area contributed by atoms with Crippen molar-refractivity contribution in [3.63, 3.8) is 0 Å². The summed E-state index contributed by atoms with van der Waals surface area (Å²) in [7, 11) is 2.09. The number of hydrogen-bond donors (Lipinski definition) is 0. The maximum absolute atomic E-state index is 15.3. The van der Waals surface area contributed by atoms with E-state index in [-0.39, 0.29) is 38.6 Å². The molecule has 3 aliphatic heterocycles. The Labute approximate surface area is 230 Å². The van der Waals surface area contributed by atoms with Gasteiger partial charge in [-0.25, -0.2) is 9.18 Å². The Hall–Kier alpha value is -1.91. The number of carbonyl (C=O) groups is 1. The molecular weight excluding hydrogens is 565 g/mol. The van der Waals surface area contributed by atoms with Crippen LogP contribution >= 0.6 is 27.5 Å². The number of halogens is 3. The van der Waals surface area contributed by atoms with Crippen LogP contribution < -0.4 is 9.64 Å². The van der Waals surface area contributed by atoms with E-state index < -0.39 is 11.4 Å². The molecule has 0 atom stereocenters. The normalized spacial score (nSPS) is 20.8. The fourth-order valence-corrected chi connectivity index (χ4v) is 5.90. The molecule has 8 nitrogen and oxygen atoms in total. The van der Waals surface area contributed by atoms with Gasteiger partial charge in [-0.3, -0.25) is 0 Å². The highest BCUT2D eigenvalue weighted by atomic mass is 79.9. The smallest absolute Gasteiger partial charge is 0.410 e. The van der Waals surface area contributed by atoms with Crippen molar-refractivity contribution in [1.29, 1.82) is 0 Å². The van der Waals surface area contributed by atoms with Crippen molar-refractivity contribution in [2.45, 2.75) is 58.2 Å². The first-order valence-corrected chi connectivity index (χ1v) is 14.0. The van der Waals surface area contributed by atoms with E-state index in [1.54, 1.807) is 11.0 Å². The summed E-state index contributed by atoms with van der Waals surface area (Å²) in [5.41, 5.74) is -0.226. The molecule has 0 radical (unpaired) electrons. The number of nitrogens with zero attached hydrogens (tertiary/aromatic N) is 5. The maximum Gasteiger partial charge on any atom is 0.410 e. The van der Waals surface area contributed by atoms with Gasteiger partial charge < -0.3 is 24.2 Å². The zero-order valence-electron chi connectivity index (χ0n) is 21.8. The molecule has 37 heavy (non-hydrogen) atoms. The molecule has 1 aromatic heterocycles. The highest BCUT2D eigenvalue weighted by molar-refractivity contribution is 9.10. The largest absolute Gasteiger partial charge is 0.460 e. The van der Waals surface area contributed by atoms with Gasteiger partial charge in [0.2, 0.25) is 0 Å². The Morgan fingerprint density at radius 2 is 1.81 bits per heavy atom. The number of piperidine rings is 2. The number of likely N-dealkylation sites (tertiary alicyclic amines) is 2. The number of fused-ring (bicyclic) bond motifs is 1. The zero-order valence-corrected chi connectivity index (χ0v) is 24.2. The average Bonchev–Trinajstić information content (AvgIpc) is 2.82. The molecule has 0 aliphatic carbocycles. The number of aromatic nitrogens is 2. The summed E-state index contributed by atoms with van der Waals surface area (Å²) in [6.07, 6.45) is 3.29. The van der Waals surface area contributed by atoms with Gasteiger partial charge in [-0.1, -0.05) is 11.6 Å². The minimum atomic E-state index is -0.514. The Morgan fingerprint density at radius 1 is 1.16 bits per heavy atom. The zero-order chi connectivity index (χ0) is 26.5. The Bertz CT molecular complexity index is 1190. The van der Waals surface area contributed by atoms with E-state index in [9.17, 15) is 4.79 Å². The number of carbonyl (C=O) groups excluding carboxylic acids is 1. The number of amides is 1. The molecule has 1 aromatic carbocycles. The van der Waals surface area contributed by atoms with Gasteiger partial charge in [0.1, 0.15) is 23.0 Å². The van der Waals surface area contributed by atoms with Gasteiger partial charge in [0.25, 0.3) is 0 Å². The average molecular weight is 599 g/mol. The monoisotopic (exact) mass is 597 g/mol. The molecule has 1 amide bonds. The third-order valence-corrected chi connectivity index (χ3v) is 8.85. The summed E-state index contributed by atoms with van der Waals surface area (Å²) in [6, 6.07) is 1.92. The van der Waals surface area contributed by atoms with Crippen molar-refractivity contribution in [2.24, 2.45) is 5.41 Å². The maximum atomic E-state index is 15.3. The Balaban J connectivity index is 1.35. The second kappa shape index (κ2) is 10.0. The van der Waals surface area contributed by atoms with E-state index in [0.29, 0.717) is 24.3 Å². The number of benzene rings is 1. The van der Waals surface area contributed by atoms with Gasteiger partial charge in [-0.05, 0) is 75.5 Å². The van der Waals surface area contributed by atoms with Crippen molar-refractivity contribution in [3.05, 3.63) is 21.4 Å². The highest BCUT2D eigenvalue weighted by Gasteiger charge is 2.48. The summed E-state index contributed by atoms with van der Waals surface area (Å²) in [5, 5.41) is 0.848. The highest BCUT2D eigenvalue weighted by Crippen LogP contribution is 2.43. The van der Waals surface area contributed by atoms with Gasteiger partial charge in [-0.2, -0.15) is 9.97 Å². The van der Waals surface area contributed by atoms with Crippen LogP contribution in [0.1, 0.15) is 46.5 Å². The molecule has 202 valence electrons. The second-order valence-electron chi connectivity index (χ2n) is 11.7. The minimum absolute atomic E-state index is 0.00117. The summed E-state index contributed by atoms with van der Waals surface area (Å²) in [6.45, 7) is 10.4. The van der Waals surface area contributed by atoms with Gasteiger partial charge in [0, 0.05) is 50.1 Å². The summed E-state index contributed by atoms with van der Waals surface area (Å²) in [5.74, 6) is 0.124. The topological polar surface area (TPSA) is 71.0 Å². The molecule has 0 saturated carbocycles. The van der Waals surface area contributed by atoms with Crippen LogP contribution in [0.2, 0.25) is 5.02 Å². The van der Waals surface area contributed by atoms with E-state index in [1.165, 1.54) is 0 Å². The molecule has 0 N–H and O–H groups in total. The predicted molar refractivity (Wildman–Crippen MR) is 145 cm³/mol. The molecule has 0 unspecified atom stereocenters. The SMILES string of the molecule is CN1CCC(Oc2nc(N3CCC4(CC3)CN(C(=O)OC(C)(C)C)C4)c3cc(Cl)c(Br)c(F)c3n2)CC1. The quantitative estimate of drug-likeness (QED) is 0.433. The van der Waals surface area contributed by atoms with Crippen molar-refractivity contribution < 1.29 is 18.7 Å². The van der Waals surface area contributed by atoms with Gasteiger partial charge in [-0.15, -0.1) is 0 Å². The van der Waals surface area contributed by atoms with Crippen LogP contribution in [0.25, 0.3) is 10.9 Å². The Kier molecular flexibility index (Phi) is 7.21. The van der Waals surface area contributed by atoms with Crippen LogP contribution in [0.3, 0.4) is 0 Å². The van der Waals surface area contributed by atoms with Crippen LogP contribution in [-0.4, -0.2) is 83.9 Å². The van der Waals surface area contributed by atoms with Crippen LogP contribution in [0, 0.1) is 11.2 Å². The van der Waals surface area contributed by atoms with Crippen molar-refractivity contribution in [2.75, 3.05) is 51.2 Å². The van der Waals surface area contributed by atoms with E-state index in [2.05, 4.69) is 37.8 Å². The van der Waals surface area contributed by atoms with Crippen molar-refractivity contribution in [3.8, 4) is 6.01 Å². The fraction of sp³-hybridized carbons (Fsp3) is 0.654. The molecule has 4 heterocycles. The van der Waals surface area contributed by atoms with E-state index >= 15 is 4.39 Å². The molecule has 0 bridgehead atoms. The lowest BCUT2D eigenvalue weighted by Crippen LogP contribution is -2.62.